The van der Waals surface area contributed by atoms with E-state index in [1.165, 1.54) is 0 Å². The van der Waals surface area contributed by atoms with Gasteiger partial charge in [0.15, 0.2) is 0 Å². The molecule has 0 bridgehead atoms. The molecule has 2 rings (SSSR count). The van der Waals surface area contributed by atoms with Crippen molar-refractivity contribution in [1.29, 1.82) is 0 Å². The standard InChI is InChI=1S/C16H22ClFN2O2/c1-22-10-8-19-15(21)16(18)7-4-9-20(12-16)11-13-5-2-3-6-14(13)17/h2-3,5-6H,4,7-12H2,1H3,(H,19,21). The lowest BCUT2D eigenvalue weighted by atomic mass is 9.93. The Balaban J connectivity index is 1.95. The van der Waals surface area contributed by atoms with Crippen molar-refractivity contribution in [1.82, 2.24) is 10.2 Å². The molecule has 122 valence electrons. The highest BCUT2D eigenvalue weighted by Gasteiger charge is 2.42. The van der Waals surface area contributed by atoms with Gasteiger partial charge in [-0.05, 0) is 31.0 Å². The third kappa shape index (κ3) is 4.41. The average molecular weight is 329 g/mol. The van der Waals surface area contributed by atoms with Crippen LogP contribution >= 0.6 is 11.6 Å². The van der Waals surface area contributed by atoms with Crippen LogP contribution in [0.25, 0.3) is 0 Å². The molecule has 1 N–H and O–H groups in total. The van der Waals surface area contributed by atoms with Gasteiger partial charge in [0, 0.05) is 31.8 Å². The van der Waals surface area contributed by atoms with Gasteiger partial charge in [0.25, 0.3) is 5.91 Å². The maximum absolute atomic E-state index is 14.9. The predicted octanol–water partition coefficient (Wildman–Crippen LogP) is 2.41. The number of alkyl halides is 1. The van der Waals surface area contributed by atoms with Gasteiger partial charge in [-0.2, -0.15) is 0 Å². The highest BCUT2D eigenvalue weighted by Crippen LogP contribution is 2.28. The lowest BCUT2D eigenvalue weighted by Gasteiger charge is -2.36. The van der Waals surface area contributed by atoms with Crippen LogP contribution in [0.4, 0.5) is 4.39 Å². The number of methoxy groups -OCH3 is 1. The number of hydrogen-bond donors (Lipinski definition) is 1. The van der Waals surface area contributed by atoms with Crippen molar-refractivity contribution >= 4 is 17.5 Å². The lowest BCUT2D eigenvalue weighted by molar-refractivity contribution is -0.137. The van der Waals surface area contributed by atoms with Crippen LogP contribution in [-0.2, 0) is 16.1 Å². The molecule has 1 amide bonds. The zero-order valence-corrected chi connectivity index (χ0v) is 13.5. The van der Waals surface area contributed by atoms with Crippen LogP contribution in [0.1, 0.15) is 18.4 Å². The van der Waals surface area contributed by atoms with E-state index in [0.29, 0.717) is 31.1 Å². The minimum absolute atomic E-state index is 0.0943. The number of nitrogens with one attached hydrogen (secondary N) is 1. The second-order valence-electron chi connectivity index (χ2n) is 5.62. The average Bonchev–Trinajstić information content (AvgIpc) is 2.50. The summed E-state index contributed by atoms with van der Waals surface area (Å²) in [5.41, 5.74) is -0.888. The number of halogens is 2. The lowest BCUT2D eigenvalue weighted by Crippen LogP contribution is -2.54. The first-order chi connectivity index (χ1) is 10.5. The van der Waals surface area contributed by atoms with E-state index in [4.69, 9.17) is 16.3 Å². The second-order valence-corrected chi connectivity index (χ2v) is 6.03. The summed E-state index contributed by atoms with van der Waals surface area (Å²) in [6, 6.07) is 7.52. The molecule has 1 aliphatic heterocycles. The molecule has 1 atom stereocenters. The Bertz CT molecular complexity index is 515. The third-order valence-corrected chi connectivity index (χ3v) is 4.24. The zero-order valence-electron chi connectivity index (χ0n) is 12.8. The van der Waals surface area contributed by atoms with E-state index in [0.717, 1.165) is 12.1 Å². The molecule has 0 aromatic heterocycles. The van der Waals surface area contributed by atoms with Crippen LogP contribution in [0, 0.1) is 0 Å². The Kier molecular flexibility index (Phi) is 6.17. The summed E-state index contributed by atoms with van der Waals surface area (Å²) in [5, 5.41) is 3.27. The second kappa shape index (κ2) is 7.90. The number of nitrogens with zero attached hydrogens (tertiary/aromatic N) is 1. The first kappa shape index (κ1) is 17.2. The third-order valence-electron chi connectivity index (χ3n) is 3.87. The van der Waals surface area contributed by atoms with Crippen LogP contribution in [0.5, 0.6) is 0 Å². The molecule has 0 aliphatic carbocycles. The summed E-state index contributed by atoms with van der Waals surface area (Å²) < 4.78 is 19.8. The number of benzene rings is 1. The molecule has 22 heavy (non-hydrogen) atoms. The van der Waals surface area contributed by atoms with Gasteiger partial charge < -0.3 is 10.1 Å². The number of carbonyl (C=O) groups excluding carboxylic acids is 1. The number of ether oxygens (including phenoxy) is 1. The molecule has 0 saturated carbocycles. The van der Waals surface area contributed by atoms with E-state index < -0.39 is 11.6 Å². The van der Waals surface area contributed by atoms with Crippen LogP contribution in [0.3, 0.4) is 0 Å². The Morgan fingerprint density at radius 2 is 2.27 bits per heavy atom. The zero-order chi connectivity index (χ0) is 16.0. The first-order valence-electron chi connectivity index (χ1n) is 7.47. The maximum Gasteiger partial charge on any atom is 0.259 e. The number of amides is 1. The van der Waals surface area contributed by atoms with Crippen molar-refractivity contribution in [2.75, 3.05) is 33.4 Å². The summed E-state index contributed by atoms with van der Waals surface area (Å²) in [4.78, 5) is 14.0. The van der Waals surface area contributed by atoms with E-state index in [-0.39, 0.29) is 13.0 Å². The first-order valence-corrected chi connectivity index (χ1v) is 7.85. The molecule has 4 nitrogen and oxygen atoms in total. The molecular formula is C16H22ClFN2O2. The fraction of sp³-hybridized carbons (Fsp3) is 0.562. The Labute approximate surface area is 135 Å². The van der Waals surface area contributed by atoms with E-state index in [9.17, 15) is 9.18 Å². The molecule has 6 heteroatoms. The number of rotatable bonds is 6. The Hall–Kier alpha value is -1.17. The van der Waals surface area contributed by atoms with Crippen LogP contribution < -0.4 is 5.32 Å². The fourth-order valence-corrected chi connectivity index (χ4v) is 2.90. The van der Waals surface area contributed by atoms with Crippen LogP contribution in [0.2, 0.25) is 5.02 Å². The molecule has 1 saturated heterocycles. The Morgan fingerprint density at radius 1 is 1.50 bits per heavy atom. The van der Waals surface area contributed by atoms with E-state index >= 15 is 0 Å². The number of piperidine rings is 1. The molecular weight excluding hydrogens is 307 g/mol. The summed E-state index contributed by atoms with van der Waals surface area (Å²) >= 11 is 6.15. The SMILES string of the molecule is COCCNC(=O)C1(F)CCCN(Cc2ccccc2Cl)C1. The Morgan fingerprint density at radius 3 is 3.00 bits per heavy atom. The molecule has 1 unspecified atom stereocenters. The summed E-state index contributed by atoms with van der Waals surface area (Å²) in [6.45, 7) is 2.12. The minimum atomic E-state index is -1.84. The predicted molar refractivity (Wildman–Crippen MR) is 84.7 cm³/mol. The minimum Gasteiger partial charge on any atom is -0.383 e. The molecule has 0 spiro atoms. The number of likely N-dealkylation sites (tertiary alicyclic amines) is 1. The van der Waals surface area contributed by atoms with Gasteiger partial charge in [-0.3, -0.25) is 9.69 Å². The van der Waals surface area contributed by atoms with Crippen molar-refractivity contribution in [3.05, 3.63) is 34.9 Å². The molecule has 1 aliphatic rings. The van der Waals surface area contributed by atoms with Gasteiger partial charge in [-0.1, -0.05) is 29.8 Å². The van der Waals surface area contributed by atoms with E-state index in [2.05, 4.69) is 5.32 Å². The summed E-state index contributed by atoms with van der Waals surface area (Å²) in [7, 11) is 1.54. The van der Waals surface area contributed by atoms with Gasteiger partial charge in [0.1, 0.15) is 0 Å². The molecule has 1 aromatic rings. The fourth-order valence-electron chi connectivity index (χ4n) is 2.71. The van der Waals surface area contributed by atoms with Gasteiger partial charge in [0.2, 0.25) is 5.67 Å². The van der Waals surface area contributed by atoms with Gasteiger partial charge in [0.05, 0.1) is 6.61 Å². The normalized spacial score (nSPS) is 22.5. The number of carbonyl (C=O) groups is 1. The van der Waals surface area contributed by atoms with Crippen LogP contribution in [-0.4, -0.2) is 49.8 Å². The van der Waals surface area contributed by atoms with Crippen molar-refractivity contribution < 1.29 is 13.9 Å². The van der Waals surface area contributed by atoms with Crippen molar-refractivity contribution in [2.45, 2.75) is 25.1 Å². The summed E-state index contributed by atoms with van der Waals surface area (Å²) in [6.07, 6.45) is 0.906. The maximum atomic E-state index is 14.9. The highest BCUT2D eigenvalue weighted by atomic mass is 35.5. The molecule has 0 radical (unpaired) electrons. The van der Waals surface area contributed by atoms with E-state index in [1.54, 1.807) is 7.11 Å². The van der Waals surface area contributed by atoms with Crippen molar-refractivity contribution in [3.8, 4) is 0 Å². The summed E-state index contributed by atoms with van der Waals surface area (Å²) in [5.74, 6) is -0.548. The van der Waals surface area contributed by atoms with Gasteiger partial charge >= 0.3 is 0 Å². The monoisotopic (exact) mass is 328 g/mol. The highest BCUT2D eigenvalue weighted by molar-refractivity contribution is 6.31. The topological polar surface area (TPSA) is 41.6 Å². The molecule has 1 aromatic carbocycles. The smallest absolute Gasteiger partial charge is 0.259 e. The van der Waals surface area contributed by atoms with Crippen LogP contribution in [0.15, 0.2) is 24.3 Å². The molecule has 1 heterocycles. The van der Waals surface area contributed by atoms with Crippen molar-refractivity contribution in [2.24, 2.45) is 0 Å². The molecule has 1 fully saturated rings. The number of hydrogen-bond acceptors (Lipinski definition) is 3. The van der Waals surface area contributed by atoms with Gasteiger partial charge in [-0.15, -0.1) is 0 Å². The quantitative estimate of drug-likeness (QED) is 0.815. The van der Waals surface area contributed by atoms with E-state index in [1.807, 2.05) is 29.2 Å². The van der Waals surface area contributed by atoms with Gasteiger partial charge in [-0.25, -0.2) is 4.39 Å². The van der Waals surface area contributed by atoms with Crippen molar-refractivity contribution in [3.63, 3.8) is 0 Å². The largest absolute Gasteiger partial charge is 0.383 e.